The Morgan fingerprint density at radius 1 is 1.32 bits per heavy atom. The van der Waals surface area contributed by atoms with Crippen LogP contribution in [0.4, 0.5) is 10.1 Å². The monoisotopic (exact) mass is 419 g/mol. The third-order valence-corrected chi connectivity index (χ3v) is 5.52. The lowest BCUT2D eigenvalue weighted by atomic mass is 10.2. The van der Waals surface area contributed by atoms with E-state index >= 15 is 0 Å². The normalized spacial score (nSPS) is 12.1. The van der Waals surface area contributed by atoms with Crippen molar-refractivity contribution in [1.82, 2.24) is 9.55 Å². The number of para-hydroxylation sites is 1. The summed E-state index contributed by atoms with van der Waals surface area (Å²) in [5, 5.41) is 3.30. The van der Waals surface area contributed by atoms with Crippen LogP contribution in [0, 0.1) is 5.82 Å². The van der Waals surface area contributed by atoms with Crippen LogP contribution < -0.4 is 10.9 Å². The van der Waals surface area contributed by atoms with E-state index in [9.17, 15) is 14.0 Å². The highest BCUT2D eigenvalue weighted by Crippen LogP contribution is 2.26. The molecule has 1 unspecified atom stereocenters. The van der Waals surface area contributed by atoms with Gasteiger partial charge in [-0.15, -0.1) is 0 Å². The third kappa shape index (κ3) is 4.36. The molecule has 0 aliphatic rings. The average Bonchev–Trinajstić information content (AvgIpc) is 2.67. The van der Waals surface area contributed by atoms with E-state index in [1.807, 2.05) is 13.0 Å². The second-order valence-corrected chi connectivity index (χ2v) is 7.96. The SMILES string of the molecule is CCCn1c(SC(C)C(=O)Nc2ccc(F)cc2Cl)nc2ccccc2c1=O. The van der Waals surface area contributed by atoms with Gasteiger partial charge >= 0.3 is 0 Å². The highest BCUT2D eigenvalue weighted by Gasteiger charge is 2.20. The molecule has 0 aliphatic heterocycles. The molecule has 1 aromatic heterocycles. The summed E-state index contributed by atoms with van der Waals surface area (Å²) in [5.41, 5.74) is 0.804. The Bertz CT molecular complexity index is 1090. The van der Waals surface area contributed by atoms with Gasteiger partial charge in [0.2, 0.25) is 5.91 Å². The second kappa shape index (κ2) is 8.75. The average molecular weight is 420 g/mol. The molecule has 0 fully saturated rings. The van der Waals surface area contributed by atoms with Gasteiger partial charge in [-0.2, -0.15) is 0 Å². The van der Waals surface area contributed by atoms with Crippen molar-refractivity contribution < 1.29 is 9.18 Å². The maximum Gasteiger partial charge on any atom is 0.262 e. The molecule has 1 amide bonds. The van der Waals surface area contributed by atoms with E-state index in [-0.39, 0.29) is 16.5 Å². The maximum atomic E-state index is 13.2. The molecule has 0 aliphatic carbocycles. The third-order valence-electron chi connectivity index (χ3n) is 4.11. The van der Waals surface area contributed by atoms with Gasteiger partial charge in [0, 0.05) is 6.54 Å². The van der Waals surface area contributed by atoms with Crippen molar-refractivity contribution in [3.63, 3.8) is 0 Å². The van der Waals surface area contributed by atoms with Crippen LogP contribution in [0.15, 0.2) is 52.4 Å². The van der Waals surface area contributed by atoms with Gasteiger partial charge in [-0.1, -0.05) is 42.4 Å². The molecular formula is C20H19ClFN3O2S. The molecule has 1 heterocycles. The molecule has 1 N–H and O–H groups in total. The summed E-state index contributed by atoms with van der Waals surface area (Å²) in [4.78, 5) is 30.0. The van der Waals surface area contributed by atoms with E-state index < -0.39 is 11.1 Å². The summed E-state index contributed by atoms with van der Waals surface area (Å²) in [6.07, 6.45) is 0.763. The number of rotatable bonds is 6. The minimum absolute atomic E-state index is 0.121. The molecule has 28 heavy (non-hydrogen) atoms. The van der Waals surface area contributed by atoms with Crippen LogP contribution >= 0.6 is 23.4 Å². The van der Waals surface area contributed by atoms with Gasteiger partial charge in [0.25, 0.3) is 5.56 Å². The number of aromatic nitrogens is 2. The van der Waals surface area contributed by atoms with Crippen molar-refractivity contribution in [2.24, 2.45) is 0 Å². The minimum atomic E-state index is -0.544. The molecule has 5 nitrogen and oxygen atoms in total. The standard InChI is InChI=1S/C20H19ClFN3O2S/c1-3-10-25-19(27)14-6-4-5-7-16(14)24-20(25)28-12(2)18(26)23-17-9-8-13(22)11-15(17)21/h4-9,11-12H,3,10H2,1-2H3,(H,23,26). The van der Waals surface area contributed by atoms with Crippen LogP contribution in [-0.4, -0.2) is 20.7 Å². The van der Waals surface area contributed by atoms with Gasteiger partial charge in [0.15, 0.2) is 5.16 Å². The smallest absolute Gasteiger partial charge is 0.262 e. The lowest BCUT2D eigenvalue weighted by molar-refractivity contribution is -0.115. The zero-order valence-electron chi connectivity index (χ0n) is 15.4. The van der Waals surface area contributed by atoms with Gasteiger partial charge in [-0.3, -0.25) is 14.2 Å². The largest absolute Gasteiger partial charge is 0.324 e. The quantitative estimate of drug-likeness (QED) is 0.464. The summed E-state index contributed by atoms with van der Waals surface area (Å²) in [6.45, 7) is 4.20. The highest BCUT2D eigenvalue weighted by atomic mass is 35.5. The summed E-state index contributed by atoms with van der Waals surface area (Å²) in [5.74, 6) is -0.793. The van der Waals surface area contributed by atoms with E-state index in [0.29, 0.717) is 28.3 Å². The van der Waals surface area contributed by atoms with Crippen LogP contribution in [0.25, 0.3) is 10.9 Å². The number of hydrogen-bond acceptors (Lipinski definition) is 4. The maximum absolute atomic E-state index is 13.2. The molecule has 0 bridgehead atoms. The predicted octanol–water partition coefficient (Wildman–Crippen LogP) is 4.72. The van der Waals surface area contributed by atoms with Crippen molar-refractivity contribution in [1.29, 1.82) is 0 Å². The number of thioether (sulfide) groups is 1. The molecule has 3 rings (SSSR count). The number of amides is 1. The highest BCUT2D eigenvalue weighted by molar-refractivity contribution is 8.00. The fourth-order valence-electron chi connectivity index (χ4n) is 2.70. The minimum Gasteiger partial charge on any atom is -0.324 e. The first-order valence-corrected chi connectivity index (χ1v) is 10.1. The van der Waals surface area contributed by atoms with E-state index in [0.717, 1.165) is 12.5 Å². The topological polar surface area (TPSA) is 64.0 Å². The van der Waals surface area contributed by atoms with Crippen molar-refractivity contribution >= 4 is 45.9 Å². The van der Waals surface area contributed by atoms with Crippen molar-refractivity contribution in [3.05, 3.63) is 63.7 Å². The number of benzene rings is 2. The molecule has 146 valence electrons. The Labute approximate surface area is 170 Å². The van der Waals surface area contributed by atoms with Gasteiger partial charge < -0.3 is 5.32 Å². The van der Waals surface area contributed by atoms with Gasteiger partial charge in [0.05, 0.1) is 26.9 Å². The van der Waals surface area contributed by atoms with E-state index in [1.54, 1.807) is 29.7 Å². The summed E-state index contributed by atoms with van der Waals surface area (Å²) in [7, 11) is 0. The number of anilines is 1. The Balaban J connectivity index is 1.87. The summed E-state index contributed by atoms with van der Waals surface area (Å²) < 4.78 is 14.8. The molecular weight excluding hydrogens is 401 g/mol. The van der Waals surface area contributed by atoms with Crippen LogP contribution in [0.3, 0.4) is 0 Å². The van der Waals surface area contributed by atoms with Gasteiger partial charge in [-0.05, 0) is 43.7 Å². The fourth-order valence-corrected chi connectivity index (χ4v) is 3.84. The second-order valence-electron chi connectivity index (χ2n) is 6.24. The predicted molar refractivity (Wildman–Crippen MR) is 112 cm³/mol. The first-order chi connectivity index (χ1) is 13.4. The molecule has 0 spiro atoms. The van der Waals surface area contributed by atoms with Crippen LogP contribution in [0.2, 0.25) is 5.02 Å². The lowest BCUT2D eigenvalue weighted by Gasteiger charge is -2.16. The molecule has 0 saturated carbocycles. The Kier molecular flexibility index (Phi) is 6.36. The first-order valence-electron chi connectivity index (χ1n) is 8.83. The summed E-state index contributed by atoms with van der Waals surface area (Å²) >= 11 is 7.17. The van der Waals surface area contributed by atoms with E-state index in [4.69, 9.17) is 11.6 Å². The van der Waals surface area contributed by atoms with Gasteiger partial charge in [0.1, 0.15) is 5.82 Å². The van der Waals surface area contributed by atoms with Crippen LogP contribution in [0.1, 0.15) is 20.3 Å². The number of carbonyl (C=O) groups is 1. The Morgan fingerprint density at radius 3 is 2.79 bits per heavy atom. The van der Waals surface area contributed by atoms with Crippen molar-refractivity contribution in [2.45, 2.75) is 37.2 Å². The number of nitrogens with zero attached hydrogens (tertiary/aromatic N) is 2. The van der Waals surface area contributed by atoms with Gasteiger partial charge in [-0.25, -0.2) is 9.37 Å². The number of hydrogen-bond donors (Lipinski definition) is 1. The van der Waals surface area contributed by atoms with Crippen LogP contribution in [-0.2, 0) is 11.3 Å². The van der Waals surface area contributed by atoms with Crippen LogP contribution in [0.5, 0.6) is 0 Å². The molecule has 3 aromatic rings. The van der Waals surface area contributed by atoms with E-state index in [1.165, 1.54) is 23.9 Å². The zero-order valence-corrected chi connectivity index (χ0v) is 17.0. The van der Waals surface area contributed by atoms with E-state index in [2.05, 4.69) is 10.3 Å². The first kappa shape index (κ1) is 20.4. The number of nitrogens with one attached hydrogen (secondary N) is 1. The fraction of sp³-hybridized carbons (Fsp3) is 0.250. The number of carbonyl (C=O) groups excluding carboxylic acids is 1. The Hall–Kier alpha value is -2.38. The molecule has 8 heteroatoms. The van der Waals surface area contributed by atoms with Crippen molar-refractivity contribution in [2.75, 3.05) is 5.32 Å². The summed E-state index contributed by atoms with van der Waals surface area (Å²) in [6, 6.07) is 10.9. The number of fused-ring (bicyclic) bond motifs is 1. The Morgan fingerprint density at radius 2 is 2.07 bits per heavy atom. The molecule has 1 atom stereocenters. The number of halogens is 2. The lowest BCUT2D eigenvalue weighted by Crippen LogP contribution is -2.27. The molecule has 0 saturated heterocycles. The molecule has 2 aromatic carbocycles. The molecule has 0 radical (unpaired) electrons. The zero-order chi connectivity index (χ0) is 20.3. The van der Waals surface area contributed by atoms with Crippen molar-refractivity contribution in [3.8, 4) is 0 Å².